The molecule has 0 aliphatic carbocycles. The van der Waals surface area contributed by atoms with E-state index in [4.69, 9.17) is 31.2 Å². The first-order chi connectivity index (χ1) is 19.0. The normalized spacial score (nSPS) is 20.2. The molecule has 4 aromatic rings. The van der Waals surface area contributed by atoms with Crippen LogP contribution in [-0.4, -0.2) is 50.0 Å². The van der Waals surface area contributed by atoms with Crippen molar-refractivity contribution in [3.8, 4) is 22.8 Å². The Bertz CT molecular complexity index is 1510. The van der Waals surface area contributed by atoms with Crippen LogP contribution in [0.3, 0.4) is 0 Å². The molecule has 39 heavy (non-hydrogen) atoms. The molecule has 3 aromatic carbocycles. The van der Waals surface area contributed by atoms with E-state index in [1.807, 2.05) is 48.5 Å². The Hall–Kier alpha value is -3.65. The van der Waals surface area contributed by atoms with E-state index in [1.165, 1.54) is 11.1 Å². The van der Waals surface area contributed by atoms with Crippen LogP contribution in [0.2, 0.25) is 5.02 Å². The Morgan fingerprint density at radius 3 is 2.26 bits per heavy atom. The Balaban J connectivity index is 1.42. The van der Waals surface area contributed by atoms with Gasteiger partial charge in [0.25, 0.3) is 0 Å². The fraction of sp³-hybridized carbons (Fsp3) is 0.226. The standard InChI is InChI=1S/C31H29ClN4O2S/c1-35-17-23(16-20-4-12-25(37-2)13-5-20)29-27(18-35)30(22-8-14-26(38-3)15-9-22)36(34-29)31-33-28(19-39-31)21-6-10-24(32)11-7-21/h4-16,19,27,30H,17-18H2,1-3H3/b23-16+. The molecule has 0 saturated carbocycles. The number of nitrogens with zero attached hydrogens (tertiary/aromatic N) is 4. The van der Waals surface area contributed by atoms with Crippen LogP contribution in [0.15, 0.2) is 88.9 Å². The lowest BCUT2D eigenvalue weighted by atomic mass is 9.83. The molecule has 0 bridgehead atoms. The van der Waals surface area contributed by atoms with E-state index in [2.05, 4.69) is 52.7 Å². The third-order valence-electron chi connectivity index (χ3n) is 7.23. The number of thiazole rings is 1. The minimum Gasteiger partial charge on any atom is -0.497 e. The van der Waals surface area contributed by atoms with Crippen LogP contribution in [-0.2, 0) is 0 Å². The van der Waals surface area contributed by atoms with E-state index in [0.717, 1.165) is 52.3 Å². The highest BCUT2D eigenvalue weighted by Gasteiger charge is 2.44. The van der Waals surface area contributed by atoms with Gasteiger partial charge in [0.1, 0.15) is 11.5 Å². The molecule has 1 saturated heterocycles. The van der Waals surface area contributed by atoms with Gasteiger partial charge >= 0.3 is 0 Å². The zero-order valence-electron chi connectivity index (χ0n) is 22.0. The summed E-state index contributed by atoms with van der Waals surface area (Å²) in [6, 6.07) is 24.3. The van der Waals surface area contributed by atoms with Crippen LogP contribution in [0, 0.1) is 5.92 Å². The van der Waals surface area contributed by atoms with Crippen molar-refractivity contribution in [2.45, 2.75) is 6.04 Å². The van der Waals surface area contributed by atoms with Crippen molar-refractivity contribution in [2.24, 2.45) is 11.0 Å². The van der Waals surface area contributed by atoms with Crippen LogP contribution in [0.4, 0.5) is 5.13 Å². The van der Waals surface area contributed by atoms with Crippen LogP contribution in [0.5, 0.6) is 11.5 Å². The Kier molecular flexibility index (Phi) is 7.12. The van der Waals surface area contributed by atoms with E-state index < -0.39 is 0 Å². The number of hydrazone groups is 1. The van der Waals surface area contributed by atoms with Gasteiger partial charge in [0.15, 0.2) is 0 Å². The van der Waals surface area contributed by atoms with E-state index in [9.17, 15) is 0 Å². The van der Waals surface area contributed by atoms with Crippen molar-refractivity contribution in [3.63, 3.8) is 0 Å². The van der Waals surface area contributed by atoms with Gasteiger partial charge in [-0.15, -0.1) is 11.3 Å². The highest BCUT2D eigenvalue weighted by molar-refractivity contribution is 7.14. The molecule has 1 fully saturated rings. The first kappa shape index (κ1) is 25.6. The lowest BCUT2D eigenvalue weighted by Gasteiger charge is -2.34. The summed E-state index contributed by atoms with van der Waals surface area (Å²) in [5.41, 5.74) is 6.60. The largest absolute Gasteiger partial charge is 0.497 e. The molecule has 0 radical (unpaired) electrons. The predicted octanol–water partition coefficient (Wildman–Crippen LogP) is 7.04. The molecule has 6 nitrogen and oxygen atoms in total. The van der Waals surface area contributed by atoms with Gasteiger partial charge in [-0.2, -0.15) is 5.10 Å². The molecule has 2 unspecified atom stereocenters. The van der Waals surface area contributed by atoms with Gasteiger partial charge in [-0.25, -0.2) is 9.99 Å². The van der Waals surface area contributed by atoms with Crippen molar-refractivity contribution >= 4 is 39.9 Å². The summed E-state index contributed by atoms with van der Waals surface area (Å²) in [4.78, 5) is 7.40. The van der Waals surface area contributed by atoms with Crippen LogP contribution >= 0.6 is 22.9 Å². The third-order valence-corrected chi connectivity index (χ3v) is 8.31. The molecule has 2 aliphatic rings. The topological polar surface area (TPSA) is 50.2 Å². The number of anilines is 1. The molecule has 1 aromatic heterocycles. The number of halogens is 1. The number of piperidine rings is 1. The Morgan fingerprint density at radius 2 is 1.59 bits per heavy atom. The smallest absolute Gasteiger partial charge is 0.207 e. The second-order valence-electron chi connectivity index (χ2n) is 9.82. The Morgan fingerprint density at radius 1 is 0.923 bits per heavy atom. The number of ether oxygens (including phenoxy) is 2. The summed E-state index contributed by atoms with van der Waals surface area (Å²) >= 11 is 7.73. The number of fused-ring (bicyclic) bond motifs is 1. The third kappa shape index (κ3) is 5.17. The van der Waals surface area contributed by atoms with Crippen LogP contribution in [0.1, 0.15) is 17.2 Å². The van der Waals surface area contributed by atoms with Crippen molar-refractivity contribution < 1.29 is 9.47 Å². The highest BCUT2D eigenvalue weighted by atomic mass is 35.5. The van der Waals surface area contributed by atoms with E-state index in [1.54, 1.807) is 25.6 Å². The predicted molar refractivity (Wildman–Crippen MR) is 160 cm³/mol. The zero-order valence-corrected chi connectivity index (χ0v) is 23.6. The summed E-state index contributed by atoms with van der Waals surface area (Å²) in [6.45, 7) is 1.74. The molecule has 8 heteroatoms. The number of likely N-dealkylation sites (N-methyl/N-ethyl adjacent to an activating group) is 1. The quantitative estimate of drug-likeness (QED) is 0.255. The summed E-state index contributed by atoms with van der Waals surface area (Å²) in [5.74, 6) is 1.87. The van der Waals surface area contributed by atoms with Crippen molar-refractivity contribution in [1.82, 2.24) is 9.88 Å². The molecule has 6 rings (SSSR count). The second-order valence-corrected chi connectivity index (χ2v) is 11.1. The number of hydrogen-bond acceptors (Lipinski definition) is 7. The maximum Gasteiger partial charge on any atom is 0.207 e. The van der Waals surface area contributed by atoms with E-state index in [-0.39, 0.29) is 12.0 Å². The Labute approximate surface area is 237 Å². The number of rotatable bonds is 6. The zero-order chi connectivity index (χ0) is 26.9. The lowest BCUT2D eigenvalue weighted by molar-refractivity contribution is 0.303. The maximum atomic E-state index is 6.12. The van der Waals surface area contributed by atoms with Crippen molar-refractivity contribution in [3.05, 3.63) is 99.9 Å². The van der Waals surface area contributed by atoms with Gasteiger partial charge in [0.2, 0.25) is 5.13 Å². The molecule has 2 atom stereocenters. The molecule has 0 spiro atoms. The van der Waals surface area contributed by atoms with Gasteiger partial charge < -0.3 is 14.4 Å². The first-order valence-electron chi connectivity index (χ1n) is 12.8. The summed E-state index contributed by atoms with van der Waals surface area (Å²) < 4.78 is 10.8. The van der Waals surface area contributed by atoms with Crippen molar-refractivity contribution in [2.75, 3.05) is 39.4 Å². The molecule has 198 valence electrons. The van der Waals surface area contributed by atoms with Gasteiger partial charge in [-0.1, -0.05) is 48.0 Å². The van der Waals surface area contributed by atoms with E-state index >= 15 is 0 Å². The molecule has 3 heterocycles. The summed E-state index contributed by atoms with van der Waals surface area (Å²) in [7, 11) is 5.55. The highest BCUT2D eigenvalue weighted by Crippen LogP contribution is 2.45. The monoisotopic (exact) mass is 556 g/mol. The lowest BCUT2D eigenvalue weighted by Crippen LogP contribution is -2.41. The summed E-state index contributed by atoms with van der Waals surface area (Å²) in [5, 5.41) is 11.1. The summed E-state index contributed by atoms with van der Waals surface area (Å²) in [6.07, 6.45) is 2.25. The molecular weight excluding hydrogens is 528 g/mol. The fourth-order valence-electron chi connectivity index (χ4n) is 5.31. The van der Waals surface area contributed by atoms with Crippen LogP contribution < -0.4 is 14.5 Å². The number of hydrogen-bond donors (Lipinski definition) is 0. The molecule has 2 aliphatic heterocycles. The molecular formula is C31H29ClN4O2S. The average Bonchev–Trinajstić information content (AvgIpc) is 3.59. The molecule has 0 N–H and O–H groups in total. The second kappa shape index (κ2) is 10.8. The maximum absolute atomic E-state index is 6.12. The number of methoxy groups -OCH3 is 2. The molecule has 0 amide bonds. The average molecular weight is 557 g/mol. The first-order valence-corrected chi connectivity index (χ1v) is 14.0. The number of aromatic nitrogens is 1. The SMILES string of the molecule is COc1ccc(/C=C2\CN(C)CC3C2=NN(c2nc(-c4ccc(Cl)cc4)cs2)C3c2ccc(OC)cc2)cc1. The van der Waals surface area contributed by atoms with Gasteiger partial charge in [-0.05, 0) is 66.2 Å². The van der Waals surface area contributed by atoms with Gasteiger partial charge in [0.05, 0.1) is 31.7 Å². The number of likely N-dealkylation sites (tertiary alicyclic amines) is 1. The van der Waals surface area contributed by atoms with Crippen molar-refractivity contribution in [1.29, 1.82) is 0 Å². The van der Waals surface area contributed by atoms with Gasteiger partial charge in [0, 0.05) is 35.0 Å². The minimum atomic E-state index is 0.0112. The van der Waals surface area contributed by atoms with Gasteiger partial charge in [-0.3, -0.25) is 0 Å². The fourth-order valence-corrected chi connectivity index (χ4v) is 6.26. The van der Waals surface area contributed by atoms with Crippen LogP contribution in [0.25, 0.3) is 17.3 Å². The number of benzene rings is 3. The minimum absolute atomic E-state index is 0.0112. The van der Waals surface area contributed by atoms with E-state index in [0.29, 0.717) is 5.02 Å².